The lowest BCUT2D eigenvalue weighted by Gasteiger charge is -2.25. The molecule has 0 atom stereocenters. The highest BCUT2D eigenvalue weighted by Gasteiger charge is 2.20. The van der Waals surface area contributed by atoms with Crippen LogP contribution in [0.25, 0.3) is 0 Å². The zero-order valence-corrected chi connectivity index (χ0v) is 15.6. The van der Waals surface area contributed by atoms with Crippen LogP contribution in [0.3, 0.4) is 0 Å². The first-order chi connectivity index (χ1) is 11.5. The molecule has 0 saturated carbocycles. The first-order valence-electron chi connectivity index (χ1n) is 7.76. The number of thiazole rings is 1. The highest BCUT2D eigenvalue weighted by Crippen LogP contribution is 2.26. The topological polar surface area (TPSA) is 66.8 Å². The molecular weight excluding hydrogens is 344 g/mol. The molecule has 0 bridgehead atoms. The lowest BCUT2D eigenvalue weighted by Crippen LogP contribution is -2.36. The maximum Gasteiger partial charge on any atom is 0.283 e. The number of nitrogens with one attached hydrogen (secondary N) is 1. The van der Waals surface area contributed by atoms with Crippen molar-refractivity contribution in [3.05, 3.63) is 32.5 Å². The van der Waals surface area contributed by atoms with Crippen LogP contribution >= 0.6 is 22.7 Å². The van der Waals surface area contributed by atoms with E-state index in [2.05, 4.69) is 20.4 Å². The summed E-state index contributed by atoms with van der Waals surface area (Å²) in [4.78, 5) is 22.0. The normalized spacial score (nSPS) is 15.6. The Morgan fingerprint density at radius 1 is 1.29 bits per heavy atom. The average Bonchev–Trinajstić information content (AvgIpc) is 3.19. The highest BCUT2D eigenvalue weighted by atomic mass is 32.1. The van der Waals surface area contributed by atoms with E-state index >= 15 is 0 Å². The number of rotatable bonds is 4. The van der Waals surface area contributed by atoms with Gasteiger partial charge in [-0.3, -0.25) is 4.79 Å². The van der Waals surface area contributed by atoms with Gasteiger partial charge in [-0.05, 0) is 32.9 Å². The lowest BCUT2D eigenvalue weighted by molar-refractivity contribution is 0.0958. The fourth-order valence-corrected chi connectivity index (χ4v) is 4.17. The molecule has 1 fully saturated rings. The summed E-state index contributed by atoms with van der Waals surface area (Å²) >= 11 is 3.07. The Kier molecular flexibility index (Phi) is 5.27. The van der Waals surface area contributed by atoms with E-state index in [4.69, 9.17) is 4.74 Å². The number of hydrazone groups is 1. The van der Waals surface area contributed by atoms with Crippen LogP contribution in [0.15, 0.2) is 17.2 Å². The number of aromatic nitrogens is 1. The summed E-state index contributed by atoms with van der Waals surface area (Å²) in [5.74, 6) is -0.211. The maximum absolute atomic E-state index is 12.4. The minimum absolute atomic E-state index is 0.211. The summed E-state index contributed by atoms with van der Waals surface area (Å²) in [5.41, 5.74) is 4.18. The predicted octanol–water partition coefficient (Wildman–Crippen LogP) is 2.81. The van der Waals surface area contributed by atoms with Gasteiger partial charge in [0.1, 0.15) is 4.88 Å². The molecule has 0 aromatic carbocycles. The monoisotopic (exact) mass is 364 g/mol. The molecule has 1 saturated heterocycles. The van der Waals surface area contributed by atoms with Gasteiger partial charge in [0.25, 0.3) is 5.91 Å². The second-order valence-electron chi connectivity index (χ2n) is 5.56. The van der Waals surface area contributed by atoms with Crippen LogP contribution in [0.5, 0.6) is 0 Å². The Morgan fingerprint density at radius 2 is 2.04 bits per heavy atom. The molecule has 6 nitrogen and oxygen atoms in total. The first-order valence-corrected chi connectivity index (χ1v) is 9.39. The number of carbonyl (C=O) groups is 1. The van der Waals surface area contributed by atoms with Crippen LogP contribution < -0.4 is 10.3 Å². The molecule has 1 aliphatic rings. The van der Waals surface area contributed by atoms with Gasteiger partial charge in [-0.15, -0.1) is 11.3 Å². The van der Waals surface area contributed by atoms with Crippen molar-refractivity contribution in [2.24, 2.45) is 5.10 Å². The summed E-state index contributed by atoms with van der Waals surface area (Å²) in [7, 11) is 0. The van der Waals surface area contributed by atoms with Gasteiger partial charge in [0.05, 0.1) is 29.5 Å². The van der Waals surface area contributed by atoms with E-state index in [1.54, 1.807) is 11.3 Å². The van der Waals surface area contributed by atoms with Crippen molar-refractivity contribution in [3.63, 3.8) is 0 Å². The molecule has 8 heteroatoms. The van der Waals surface area contributed by atoms with Crippen molar-refractivity contribution in [3.8, 4) is 0 Å². The van der Waals surface area contributed by atoms with Crippen molar-refractivity contribution >= 4 is 39.4 Å². The molecule has 1 amide bonds. The Morgan fingerprint density at radius 3 is 2.71 bits per heavy atom. The van der Waals surface area contributed by atoms with E-state index in [1.807, 2.05) is 32.9 Å². The predicted molar refractivity (Wildman–Crippen MR) is 98.6 cm³/mol. The quantitative estimate of drug-likeness (QED) is 0.669. The summed E-state index contributed by atoms with van der Waals surface area (Å²) < 4.78 is 5.35. The van der Waals surface area contributed by atoms with E-state index in [9.17, 15) is 4.79 Å². The number of anilines is 1. The van der Waals surface area contributed by atoms with Crippen LogP contribution in [0, 0.1) is 13.8 Å². The third kappa shape index (κ3) is 3.82. The molecule has 0 spiro atoms. The van der Waals surface area contributed by atoms with Gasteiger partial charge in [-0.25, -0.2) is 10.4 Å². The van der Waals surface area contributed by atoms with Crippen LogP contribution in [0.2, 0.25) is 0 Å². The zero-order valence-electron chi connectivity index (χ0n) is 14.0. The van der Waals surface area contributed by atoms with Gasteiger partial charge >= 0.3 is 0 Å². The first kappa shape index (κ1) is 17.1. The molecule has 0 aliphatic carbocycles. The largest absolute Gasteiger partial charge is 0.378 e. The van der Waals surface area contributed by atoms with Gasteiger partial charge in [-0.1, -0.05) is 11.3 Å². The number of ether oxygens (including phenoxy) is 1. The number of hydrogen-bond donors (Lipinski definition) is 1. The molecule has 1 N–H and O–H groups in total. The molecule has 2 aromatic heterocycles. The average molecular weight is 364 g/mol. The maximum atomic E-state index is 12.4. The third-order valence-corrected chi connectivity index (χ3v) is 6.02. The Balaban J connectivity index is 1.69. The summed E-state index contributed by atoms with van der Waals surface area (Å²) in [5, 5.41) is 5.09. The second kappa shape index (κ2) is 7.42. The van der Waals surface area contributed by atoms with Gasteiger partial charge in [0.2, 0.25) is 0 Å². The third-order valence-electron chi connectivity index (χ3n) is 3.70. The summed E-state index contributed by atoms with van der Waals surface area (Å²) in [6, 6.07) is 4.06. The minimum Gasteiger partial charge on any atom is -0.378 e. The Labute approximate surface area is 149 Å². The van der Waals surface area contributed by atoms with E-state index in [1.165, 1.54) is 16.2 Å². The van der Waals surface area contributed by atoms with Gasteiger partial charge in [0, 0.05) is 18.0 Å². The smallest absolute Gasteiger partial charge is 0.283 e. The summed E-state index contributed by atoms with van der Waals surface area (Å²) in [6.45, 7) is 8.81. The molecule has 3 rings (SSSR count). The summed E-state index contributed by atoms with van der Waals surface area (Å²) in [6.07, 6.45) is 0. The standard InChI is InChI=1S/C16H20N4O2S2/c1-10-4-5-13(23-10)11(2)18-19-15(21)14-12(3)17-16(24-14)20-6-8-22-9-7-20/h4-5H,6-9H2,1-3H3,(H,19,21)/b18-11-. The molecule has 128 valence electrons. The molecule has 1 aliphatic heterocycles. The fourth-order valence-electron chi connectivity index (χ4n) is 2.35. The van der Waals surface area contributed by atoms with Crippen molar-refractivity contribution < 1.29 is 9.53 Å². The number of morpholine rings is 1. The van der Waals surface area contributed by atoms with Crippen LogP contribution in [0.4, 0.5) is 5.13 Å². The molecule has 0 unspecified atom stereocenters. The molecule has 0 radical (unpaired) electrons. The van der Waals surface area contributed by atoms with Crippen molar-refractivity contribution in [2.45, 2.75) is 20.8 Å². The van der Waals surface area contributed by atoms with E-state index < -0.39 is 0 Å². The number of amides is 1. The highest BCUT2D eigenvalue weighted by molar-refractivity contribution is 7.17. The van der Waals surface area contributed by atoms with Crippen molar-refractivity contribution in [1.82, 2.24) is 10.4 Å². The SMILES string of the molecule is C/C(=N/NC(=O)c1sc(N2CCOCC2)nc1C)c1ccc(C)s1. The van der Waals surface area contributed by atoms with E-state index in [0.29, 0.717) is 18.1 Å². The zero-order chi connectivity index (χ0) is 17.1. The fraction of sp³-hybridized carbons (Fsp3) is 0.438. The number of nitrogens with zero attached hydrogens (tertiary/aromatic N) is 3. The molecule has 24 heavy (non-hydrogen) atoms. The van der Waals surface area contributed by atoms with Gasteiger partial charge in [-0.2, -0.15) is 5.10 Å². The van der Waals surface area contributed by atoms with Crippen molar-refractivity contribution in [1.29, 1.82) is 0 Å². The van der Waals surface area contributed by atoms with Crippen LogP contribution in [-0.2, 0) is 4.74 Å². The minimum atomic E-state index is -0.211. The van der Waals surface area contributed by atoms with Gasteiger partial charge < -0.3 is 9.64 Å². The Hall–Kier alpha value is -1.77. The van der Waals surface area contributed by atoms with Gasteiger partial charge in [0.15, 0.2) is 5.13 Å². The molecular formula is C16H20N4O2S2. The van der Waals surface area contributed by atoms with E-state index in [-0.39, 0.29) is 5.91 Å². The molecule has 3 heterocycles. The van der Waals surface area contributed by atoms with Crippen LogP contribution in [-0.4, -0.2) is 42.9 Å². The number of carbonyl (C=O) groups excluding carboxylic acids is 1. The van der Waals surface area contributed by atoms with E-state index in [0.717, 1.165) is 34.5 Å². The van der Waals surface area contributed by atoms with Crippen molar-refractivity contribution in [2.75, 3.05) is 31.2 Å². The number of aryl methyl sites for hydroxylation is 2. The number of hydrogen-bond acceptors (Lipinski definition) is 7. The molecule has 2 aromatic rings. The van der Waals surface area contributed by atoms with Crippen LogP contribution in [0.1, 0.15) is 32.0 Å². The Bertz CT molecular complexity index is 760. The lowest BCUT2D eigenvalue weighted by atomic mass is 10.3. The second-order valence-corrected chi connectivity index (χ2v) is 7.82. The number of thiophene rings is 1.